The first-order chi connectivity index (χ1) is 8.11. The van der Waals surface area contributed by atoms with E-state index >= 15 is 0 Å². The number of methoxy groups -OCH3 is 1. The lowest BCUT2D eigenvalue weighted by Crippen LogP contribution is -1.88. The van der Waals surface area contributed by atoms with Crippen LogP contribution in [0.15, 0.2) is 40.9 Å². The summed E-state index contributed by atoms with van der Waals surface area (Å²) in [4.78, 5) is 0. The standard InChI is InChI=1S/C13H9BrCl2O/c1-17-13-5-3-9(15)7-11(13)10-4-2-8(14)6-12(10)16/h2-7H,1H3. The maximum absolute atomic E-state index is 6.22. The molecule has 88 valence electrons. The van der Waals surface area contributed by atoms with Crippen molar-refractivity contribution in [2.24, 2.45) is 0 Å². The molecule has 0 fully saturated rings. The van der Waals surface area contributed by atoms with Crippen LogP contribution in [0.4, 0.5) is 0 Å². The van der Waals surface area contributed by atoms with Crippen molar-refractivity contribution in [1.82, 2.24) is 0 Å². The Bertz CT molecular complexity index is 555. The van der Waals surface area contributed by atoms with Crippen LogP contribution in [-0.4, -0.2) is 7.11 Å². The third-order valence-electron chi connectivity index (χ3n) is 2.38. The second-order valence-electron chi connectivity index (χ2n) is 3.47. The van der Waals surface area contributed by atoms with Gasteiger partial charge in [-0.1, -0.05) is 45.2 Å². The highest BCUT2D eigenvalue weighted by atomic mass is 79.9. The van der Waals surface area contributed by atoms with Crippen molar-refractivity contribution >= 4 is 39.1 Å². The maximum Gasteiger partial charge on any atom is 0.126 e. The molecule has 0 aliphatic carbocycles. The Kier molecular flexibility index (Phi) is 3.97. The summed E-state index contributed by atoms with van der Waals surface area (Å²) in [6.45, 7) is 0. The molecule has 0 bridgehead atoms. The highest BCUT2D eigenvalue weighted by Crippen LogP contribution is 2.37. The molecule has 0 spiro atoms. The van der Waals surface area contributed by atoms with Crippen LogP contribution in [0.2, 0.25) is 10.0 Å². The van der Waals surface area contributed by atoms with E-state index in [0.29, 0.717) is 10.0 Å². The molecule has 1 nitrogen and oxygen atoms in total. The van der Waals surface area contributed by atoms with Gasteiger partial charge in [0.05, 0.1) is 7.11 Å². The lowest BCUT2D eigenvalue weighted by Gasteiger charge is -2.10. The zero-order chi connectivity index (χ0) is 12.4. The van der Waals surface area contributed by atoms with Crippen LogP contribution in [0.25, 0.3) is 11.1 Å². The average Bonchev–Trinajstić information content (AvgIpc) is 2.29. The van der Waals surface area contributed by atoms with Crippen molar-refractivity contribution in [2.45, 2.75) is 0 Å². The molecule has 0 saturated carbocycles. The van der Waals surface area contributed by atoms with Crippen LogP contribution in [-0.2, 0) is 0 Å². The van der Waals surface area contributed by atoms with Crippen LogP contribution in [0, 0.1) is 0 Å². The van der Waals surface area contributed by atoms with Crippen LogP contribution in [0.3, 0.4) is 0 Å². The molecule has 0 radical (unpaired) electrons. The predicted molar refractivity (Wildman–Crippen MR) is 76.2 cm³/mol. The van der Waals surface area contributed by atoms with Crippen molar-refractivity contribution < 1.29 is 4.74 Å². The number of rotatable bonds is 2. The van der Waals surface area contributed by atoms with Gasteiger partial charge in [-0.15, -0.1) is 0 Å². The minimum Gasteiger partial charge on any atom is -0.496 e. The van der Waals surface area contributed by atoms with Gasteiger partial charge in [-0.2, -0.15) is 0 Å². The fourth-order valence-electron chi connectivity index (χ4n) is 1.60. The van der Waals surface area contributed by atoms with Crippen molar-refractivity contribution in [3.8, 4) is 16.9 Å². The molecule has 2 rings (SSSR count). The fraction of sp³-hybridized carbons (Fsp3) is 0.0769. The Balaban J connectivity index is 2.62. The molecule has 0 saturated heterocycles. The summed E-state index contributed by atoms with van der Waals surface area (Å²) in [6.07, 6.45) is 0. The van der Waals surface area contributed by atoms with Crippen molar-refractivity contribution in [3.63, 3.8) is 0 Å². The lowest BCUT2D eigenvalue weighted by molar-refractivity contribution is 0.416. The summed E-state index contributed by atoms with van der Waals surface area (Å²) in [5, 5.41) is 1.31. The van der Waals surface area contributed by atoms with Gasteiger partial charge in [0.15, 0.2) is 0 Å². The van der Waals surface area contributed by atoms with Gasteiger partial charge in [0.2, 0.25) is 0 Å². The highest BCUT2D eigenvalue weighted by molar-refractivity contribution is 9.10. The Morgan fingerprint density at radius 1 is 1.00 bits per heavy atom. The molecule has 0 unspecified atom stereocenters. The van der Waals surface area contributed by atoms with Crippen LogP contribution in [0.1, 0.15) is 0 Å². The Hall–Kier alpha value is -0.700. The molecule has 0 atom stereocenters. The third-order valence-corrected chi connectivity index (χ3v) is 3.42. The summed E-state index contributed by atoms with van der Waals surface area (Å²) in [6, 6.07) is 11.2. The molecule has 0 aliphatic heterocycles. The van der Waals surface area contributed by atoms with Crippen molar-refractivity contribution in [2.75, 3.05) is 7.11 Å². The Morgan fingerprint density at radius 2 is 1.76 bits per heavy atom. The summed E-state index contributed by atoms with van der Waals surface area (Å²) >= 11 is 15.6. The smallest absolute Gasteiger partial charge is 0.126 e. The molecule has 0 amide bonds. The second kappa shape index (κ2) is 5.30. The first kappa shape index (κ1) is 12.7. The SMILES string of the molecule is COc1ccc(Cl)cc1-c1ccc(Br)cc1Cl. The molecule has 2 aromatic rings. The van der Waals surface area contributed by atoms with E-state index in [-0.39, 0.29) is 0 Å². The summed E-state index contributed by atoms with van der Waals surface area (Å²) in [5.74, 6) is 0.749. The molecule has 0 aliphatic rings. The van der Waals surface area contributed by atoms with E-state index in [9.17, 15) is 0 Å². The van der Waals surface area contributed by atoms with E-state index in [1.54, 1.807) is 13.2 Å². The number of hydrogen-bond acceptors (Lipinski definition) is 1. The quantitative estimate of drug-likeness (QED) is 0.712. The maximum atomic E-state index is 6.22. The van der Waals surface area contributed by atoms with Gasteiger partial charge in [-0.3, -0.25) is 0 Å². The van der Waals surface area contributed by atoms with Gasteiger partial charge < -0.3 is 4.74 Å². The molecule has 17 heavy (non-hydrogen) atoms. The predicted octanol–water partition coefficient (Wildman–Crippen LogP) is 5.43. The first-order valence-corrected chi connectivity index (χ1v) is 6.45. The van der Waals surface area contributed by atoms with Crippen LogP contribution < -0.4 is 4.74 Å². The van der Waals surface area contributed by atoms with Gasteiger partial charge in [0.1, 0.15) is 5.75 Å². The van der Waals surface area contributed by atoms with Crippen LogP contribution >= 0.6 is 39.1 Å². The molecular formula is C13H9BrCl2O. The summed E-state index contributed by atoms with van der Waals surface area (Å²) in [7, 11) is 1.62. The number of benzene rings is 2. The van der Waals surface area contributed by atoms with Gasteiger partial charge >= 0.3 is 0 Å². The zero-order valence-corrected chi connectivity index (χ0v) is 12.1. The largest absolute Gasteiger partial charge is 0.496 e. The van der Waals surface area contributed by atoms with E-state index in [1.165, 1.54) is 0 Å². The number of hydrogen-bond donors (Lipinski definition) is 0. The molecule has 0 heterocycles. The Labute approximate surface area is 118 Å². The molecular weight excluding hydrogens is 323 g/mol. The van der Waals surface area contributed by atoms with Gasteiger partial charge in [-0.05, 0) is 30.3 Å². The average molecular weight is 332 g/mol. The minimum absolute atomic E-state index is 0.653. The minimum atomic E-state index is 0.653. The van der Waals surface area contributed by atoms with E-state index in [0.717, 1.165) is 21.3 Å². The third kappa shape index (κ3) is 2.76. The van der Waals surface area contributed by atoms with E-state index in [4.69, 9.17) is 27.9 Å². The monoisotopic (exact) mass is 330 g/mol. The topological polar surface area (TPSA) is 9.23 Å². The summed E-state index contributed by atoms with van der Waals surface area (Å²) < 4.78 is 6.25. The van der Waals surface area contributed by atoms with E-state index < -0.39 is 0 Å². The molecule has 0 aromatic heterocycles. The molecule has 2 aromatic carbocycles. The molecule has 0 N–H and O–H groups in total. The van der Waals surface area contributed by atoms with Crippen LogP contribution in [0.5, 0.6) is 5.75 Å². The van der Waals surface area contributed by atoms with Gasteiger partial charge in [0, 0.05) is 25.6 Å². The number of halogens is 3. The van der Waals surface area contributed by atoms with Crippen molar-refractivity contribution in [3.05, 3.63) is 50.9 Å². The fourth-order valence-corrected chi connectivity index (χ4v) is 2.55. The summed E-state index contributed by atoms with van der Waals surface area (Å²) in [5.41, 5.74) is 1.78. The Morgan fingerprint density at radius 3 is 2.41 bits per heavy atom. The van der Waals surface area contributed by atoms with Crippen molar-refractivity contribution in [1.29, 1.82) is 0 Å². The first-order valence-electron chi connectivity index (χ1n) is 4.91. The van der Waals surface area contributed by atoms with Gasteiger partial charge in [-0.25, -0.2) is 0 Å². The number of ether oxygens (including phenoxy) is 1. The highest BCUT2D eigenvalue weighted by Gasteiger charge is 2.10. The van der Waals surface area contributed by atoms with Gasteiger partial charge in [0.25, 0.3) is 0 Å². The second-order valence-corrected chi connectivity index (χ2v) is 5.23. The normalized spacial score (nSPS) is 10.4. The van der Waals surface area contributed by atoms with E-state index in [2.05, 4.69) is 15.9 Å². The lowest BCUT2D eigenvalue weighted by atomic mass is 10.0. The molecule has 4 heteroatoms. The zero-order valence-electron chi connectivity index (χ0n) is 9.01. The van der Waals surface area contributed by atoms with E-state index in [1.807, 2.05) is 30.3 Å².